The summed E-state index contributed by atoms with van der Waals surface area (Å²) in [5.41, 5.74) is -1.43. The lowest BCUT2D eigenvalue weighted by atomic mass is 10.0. The average molecular weight is 444 g/mol. The minimum Gasteiger partial charge on any atom is -0.457 e. The number of halogens is 5. The van der Waals surface area contributed by atoms with Crippen LogP contribution >= 0.6 is 0 Å². The Balaban J connectivity index is 1.85. The zero-order valence-electron chi connectivity index (χ0n) is 15.8. The molecule has 0 spiro atoms. The van der Waals surface area contributed by atoms with Gasteiger partial charge in [0.05, 0.1) is 11.1 Å². The lowest BCUT2D eigenvalue weighted by molar-refractivity contribution is -0.137. The number of benzene rings is 2. The van der Waals surface area contributed by atoms with Crippen molar-refractivity contribution in [1.82, 2.24) is 10.6 Å². The monoisotopic (exact) mass is 444 g/mol. The highest BCUT2D eigenvalue weighted by Crippen LogP contribution is 2.34. The third-order valence-electron chi connectivity index (χ3n) is 4.41. The van der Waals surface area contributed by atoms with Crippen molar-refractivity contribution in [3.05, 3.63) is 53.6 Å². The molecule has 2 aromatic carbocycles. The Morgan fingerprint density at radius 3 is 2.39 bits per heavy atom. The highest BCUT2D eigenvalue weighted by molar-refractivity contribution is 5.97. The van der Waals surface area contributed by atoms with Crippen molar-refractivity contribution in [1.29, 1.82) is 0 Å². The fourth-order valence-electron chi connectivity index (χ4n) is 2.96. The van der Waals surface area contributed by atoms with Crippen LogP contribution in [0.2, 0.25) is 0 Å². The zero-order valence-corrected chi connectivity index (χ0v) is 15.8. The highest BCUT2D eigenvalue weighted by Gasteiger charge is 2.32. The van der Waals surface area contributed by atoms with E-state index in [1.54, 1.807) is 0 Å². The van der Waals surface area contributed by atoms with Crippen LogP contribution in [-0.2, 0) is 11.0 Å². The molecule has 1 aliphatic heterocycles. The summed E-state index contributed by atoms with van der Waals surface area (Å²) < 4.78 is 73.7. The molecule has 6 nitrogen and oxygen atoms in total. The summed E-state index contributed by atoms with van der Waals surface area (Å²) >= 11 is 0. The normalized spacial score (nSPS) is 16.6. The first kappa shape index (κ1) is 22.3. The fraction of sp³-hybridized carbons (Fsp3) is 0.300. The van der Waals surface area contributed by atoms with Gasteiger partial charge in [-0.3, -0.25) is 9.59 Å². The Bertz CT molecular complexity index is 948. The molecule has 166 valence electrons. The van der Waals surface area contributed by atoms with Gasteiger partial charge in [0, 0.05) is 19.0 Å². The smallest absolute Gasteiger partial charge is 0.416 e. The molecule has 0 aromatic heterocycles. The summed E-state index contributed by atoms with van der Waals surface area (Å²) in [6.07, 6.45) is -4.25. The van der Waals surface area contributed by atoms with Gasteiger partial charge in [0.25, 0.3) is 5.91 Å². The maximum Gasteiger partial charge on any atom is 0.416 e. The van der Waals surface area contributed by atoms with Crippen LogP contribution in [0.3, 0.4) is 0 Å². The van der Waals surface area contributed by atoms with Gasteiger partial charge >= 0.3 is 12.8 Å². The summed E-state index contributed by atoms with van der Waals surface area (Å²) in [7, 11) is 0. The summed E-state index contributed by atoms with van der Waals surface area (Å²) in [6, 6.07) is 6.78. The lowest BCUT2D eigenvalue weighted by Gasteiger charge is -2.23. The lowest BCUT2D eigenvalue weighted by Crippen LogP contribution is -2.45. The molecular weight excluding hydrogens is 427 g/mol. The highest BCUT2D eigenvalue weighted by atomic mass is 19.4. The van der Waals surface area contributed by atoms with E-state index in [0.717, 1.165) is 12.1 Å². The first-order valence-electron chi connectivity index (χ1n) is 9.13. The molecule has 2 amide bonds. The van der Waals surface area contributed by atoms with Gasteiger partial charge in [-0.25, -0.2) is 0 Å². The van der Waals surface area contributed by atoms with Crippen LogP contribution in [0.1, 0.15) is 28.8 Å². The van der Waals surface area contributed by atoms with E-state index >= 15 is 0 Å². The first-order valence-corrected chi connectivity index (χ1v) is 9.13. The Hall–Kier alpha value is -3.37. The Labute approximate surface area is 173 Å². The first-order chi connectivity index (χ1) is 14.6. The number of hydrogen-bond donors (Lipinski definition) is 2. The van der Waals surface area contributed by atoms with Crippen molar-refractivity contribution < 1.29 is 41.0 Å². The van der Waals surface area contributed by atoms with E-state index in [2.05, 4.69) is 15.4 Å². The number of rotatable bonds is 6. The molecule has 1 atom stereocenters. The van der Waals surface area contributed by atoms with Crippen LogP contribution < -0.4 is 20.1 Å². The van der Waals surface area contributed by atoms with Crippen molar-refractivity contribution >= 4 is 11.8 Å². The molecule has 2 aromatic rings. The fourth-order valence-corrected chi connectivity index (χ4v) is 2.96. The van der Waals surface area contributed by atoms with Crippen molar-refractivity contribution in [3.63, 3.8) is 0 Å². The van der Waals surface area contributed by atoms with Gasteiger partial charge in [-0.2, -0.15) is 22.0 Å². The molecule has 1 fully saturated rings. The molecule has 2 N–H and O–H groups in total. The molecular formula is C20H17F5N2O4. The number of ether oxygens (including phenoxy) is 2. The molecule has 31 heavy (non-hydrogen) atoms. The molecule has 0 bridgehead atoms. The molecule has 1 saturated heterocycles. The van der Waals surface area contributed by atoms with Crippen LogP contribution in [0, 0.1) is 0 Å². The van der Waals surface area contributed by atoms with E-state index in [0.29, 0.717) is 19.0 Å². The third kappa shape index (κ3) is 6.06. The summed E-state index contributed by atoms with van der Waals surface area (Å²) in [6.45, 7) is -2.68. The Morgan fingerprint density at radius 2 is 1.77 bits per heavy atom. The number of amides is 2. The number of carbonyl (C=O) groups is 2. The zero-order chi connectivity index (χ0) is 22.6. The maximum atomic E-state index is 13.1. The number of piperidine rings is 1. The molecule has 1 heterocycles. The predicted molar refractivity (Wildman–Crippen MR) is 98.1 cm³/mol. The van der Waals surface area contributed by atoms with E-state index in [1.165, 1.54) is 24.3 Å². The molecule has 11 heteroatoms. The molecule has 0 saturated carbocycles. The van der Waals surface area contributed by atoms with E-state index in [-0.39, 0.29) is 35.1 Å². The Kier molecular flexibility index (Phi) is 6.62. The standard InChI is InChI=1S/C20H17F5N2O4/c21-19(22)31-14-4-2-13(3-5-14)30-16-6-1-11(20(23,24)25)9-15(16)18(29)27-12-7-8-26-17(28)10-12/h1-6,9,12,19H,7-8,10H2,(H,26,28)(H,27,29). The minimum atomic E-state index is -4.69. The Morgan fingerprint density at radius 1 is 1.10 bits per heavy atom. The van der Waals surface area contributed by atoms with Gasteiger partial charge in [0.1, 0.15) is 17.2 Å². The van der Waals surface area contributed by atoms with E-state index in [9.17, 15) is 31.5 Å². The third-order valence-corrected chi connectivity index (χ3v) is 4.41. The molecule has 0 radical (unpaired) electrons. The number of alkyl halides is 5. The van der Waals surface area contributed by atoms with Gasteiger partial charge in [-0.1, -0.05) is 0 Å². The van der Waals surface area contributed by atoms with Crippen LogP contribution in [-0.4, -0.2) is 31.0 Å². The van der Waals surface area contributed by atoms with Crippen molar-refractivity contribution in [3.8, 4) is 17.2 Å². The predicted octanol–water partition coefficient (Wildman–Crippen LogP) is 4.11. The van der Waals surface area contributed by atoms with E-state index < -0.39 is 30.3 Å². The second-order valence-electron chi connectivity index (χ2n) is 6.67. The number of carbonyl (C=O) groups excluding carboxylic acids is 2. The molecule has 3 rings (SSSR count). The molecule has 1 aliphatic rings. The second-order valence-corrected chi connectivity index (χ2v) is 6.67. The van der Waals surface area contributed by atoms with Gasteiger partial charge in [0.15, 0.2) is 0 Å². The number of nitrogens with one attached hydrogen (secondary N) is 2. The molecule has 0 aliphatic carbocycles. The summed E-state index contributed by atoms with van der Waals surface area (Å²) in [5, 5.41) is 5.14. The number of hydrogen-bond acceptors (Lipinski definition) is 4. The van der Waals surface area contributed by atoms with Gasteiger partial charge in [-0.05, 0) is 48.9 Å². The second kappa shape index (κ2) is 9.19. The van der Waals surface area contributed by atoms with Gasteiger partial charge in [0.2, 0.25) is 5.91 Å². The van der Waals surface area contributed by atoms with E-state index in [1.807, 2.05) is 0 Å². The van der Waals surface area contributed by atoms with Gasteiger partial charge in [-0.15, -0.1) is 0 Å². The van der Waals surface area contributed by atoms with Crippen LogP contribution in [0.5, 0.6) is 17.2 Å². The average Bonchev–Trinajstić information content (AvgIpc) is 2.68. The minimum absolute atomic E-state index is 0.00644. The molecule has 1 unspecified atom stereocenters. The van der Waals surface area contributed by atoms with Crippen molar-refractivity contribution in [2.75, 3.05) is 6.54 Å². The summed E-state index contributed by atoms with van der Waals surface area (Å²) in [5.74, 6) is -1.33. The van der Waals surface area contributed by atoms with E-state index in [4.69, 9.17) is 4.74 Å². The van der Waals surface area contributed by atoms with Crippen molar-refractivity contribution in [2.45, 2.75) is 31.7 Å². The van der Waals surface area contributed by atoms with Crippen LogP contribution in [0.4, 0.5) is 22.0 Å². The van der Waals surface area contributed by atoms with Crippen LogP contribution in [0.15, 0.2) is 42.5 Å². The van der Waals surface area contributed by atoms with Crippen molar-refractivity contribution in [2.24, 2.45) is 0 Å². The topological polar surface area (TPSA) is 76.7 Å². The maximum absolute atomic E-state index is 13.1. The largest absolute Gasteiger partial charge is 0.457 e. The quantitative estimate of drug-likeness (QED) is 0.658. The summed E-state index contributed by atoms with van der Waals surface area (Å²) in [4.78, 5) is 24.2. The van der Waals surface area contributed by atoms with Gasteiger partial charge < -0.3 is 20.1 Å². The SMILES string of the molecule is O=C1CC(NC(=O)c2cc(C(F)(F)F)ccc2Oc2ccc(OC(F)F)cc2)CCN1. The van der Waals surface area contributed by atoms with Crippen LogP contribution in [0.25, 0.3) is 0 Å².